The number of anilines is 1. The molecule has 1 saturated heterocycles. The fraction of sp³-hybridized carbons (Fsp3) is 0.364. The minimum atomic E-state index is -0.460. The summed E-state index contributed by atoms with van der Waals surface area (Å²) in [5, 5.41) is 10.5. The van der Waals surface area contributed by atoms with Gasteiger partial charge in [-0.3, -0.25) is 14.9 Å². The number of carbonyl (C=O) groups is 1. The van der Waals surface area contributed by atoms with Crippen molar-refractivity contribution in [2.75, 3.05) is 18.0 Å². The molecule has 1 unspecified atom stereocenters. The first-order valence-corrected chi connectivity index (χ1v) is 5.36. The molecule has 1 atom stereocenters. The van der Waals surface area contributed by atoms with Gasteiger partial charge in [-0.05, 0) is 24.6 Å². The molecule has 1 amide bonds. The van der Waals surface area contributed by atoms with E-state index in [-0.39, 0.29) is 17.5 Å². The van der Waals surface area contributed by atoms with Gasteiger partial charge in [-0.25, -0.2) is 0 Å². The predicted octanol–water partition coefficient (Wildman–Crippen LogP) is 0.906. The number of nitro benzene ring substituents is 1. The van der Waals surface area contributed by atoms with E-state index in [1.54, 1.807) is 17.0 Å². The second-order valence-electron chi connectivity index (χ2n) is 4.08. The van der Waals surface area contributed by atoms with Crippen LogP contribution in [0.15, 0.2) is 24.3 Å². The van der Waals surface area contributed by atoms with Crippen molar-refractivity contribution in [3.05, 3.63) is 34.4 Å². The van der Waals surface area contributed by atoms with E-state index in [2.05, 4.69) is 0 Å². The molecule has 1 aliphatic rings. The maximum atomic E-state index is 11.7. The van der Waals surface area contributed by atoms with Crippen molar-refractivity contribution in [3.63, 3.8) is 0 Å². The number of rotatable bonds is 3. The molecular weight excluding hydrogens is 222 g/mol. The minimum absolute atomic E-state index is 0.0225. The van der Waals surface area contributed by atoms with Gasteiger partial charge in [0, 0.05) is 30.8 Å². The van der Waals surface area contributed by atoms with E-state index < -0.39 is 4.92 Å². The van der Waals surface area contributed by atoms with Crippen molar-refractivity contribution >= 4 is 17.3 Å². The van der Waals surface area contributed by atoms with E-state index in [1.165, 1.54) is 12.1 Å². The van der Waals surface area contributed by atoms with Gasteiger partial charge in [0.15, 0.2) is 0 Å². The molecule has 17 heavy (non-hydrogen) atoms. The van der Waals surface area contributed by atoms with Crippen LogP contribution in [0.3, 0.4) is 0 Å². The van der Waals surface area contributed by atoms with Crippen LogP contribution in [-0.4, -0.2) is 23.9 Å². The maximum absolute atomic E-state index is 11.7. The molecule has 2 rings (SSSR count). The van der Waals surface area contributed by atoms with Crippen LogP contribution in [0, 0.1) is 16.0 Å². The van der Waals surface area contributed by atoms with Crippen LogP contribution in [0.5, 0.6) is 0 Å². The quantitative estimate of drug-likeness (QED) is 0.622. The first-order chi connectivity index (χ1) is 8.11. The number of carbonyl (C=O) groups excluding carboxylic acids is 1. The molecule has 0 bridgehead atoms. The highest BCUT2D eigenvalue weighted by Crippen LogP contribution is 2.26. The van der Waals surface area contributed by atoms with Crippen molar-refractivity contribution < 1.29 is 9.72 Å². The molecule has 2 N–H and O–H groups in total. The fourth-order valence-electron chi connectivity index (χ4n) is 1.94. The summed E-state index contributed by atoms with van der Waals surface area (Å²) in [6.07, 6.45) is 0.452. The lowest BCUT2D eigenvalue weighted by Crippen LogP contribution is -2.25. The maximum Gasteiger partial charge on any atom is 0.269 e. The van der Waals surface area contributed by atoms with Crippen molar-refractivity contribution in [1.82, 2.24) is 0 Å². The number of nitrogens with zero attached hydrogens (tertiary/aromatic N) is 2. The zero-order valence-corrected chi connectivity index (χ0v) is 9.20. The SMILES string of the molecule is NCC1CC(=O)N(c2ccc([N+](=O)[O-])cc2)C1. The Bertz CT molecular complexity index is 444. The summed E-state index contributed by atoms with van der Waals surface area (Å²) in [6, 6.07) is 5.99. The Morgan fingerprint density at radius 1 is 1.41 bits per heavy atom. The van der Waals surface area contributed by atoms with Crippen molar-refractivity contribution in [2.24, 2.45) is 11.7 Å². The molecule has 0 aliphatic carbocycles. The number of nitrogens with two attached hydrogens (primary N) is 1. The van der Waals surface area contributed by atoms with Gasteiger partial charge in [0.25, 0.3) is 5.69 Å². The third kappa shape index (κ3) is 2.26. The van der Waals surface area contributed by atoms with Crippen LogP contribution in [-0.2, 0) is 4.79 Å². The average Bonchev–Trinajstić information content (AvgIpc) is 2.71. The molecule has 0 saturated carbocycles. The number of non-ortho nitro benzene ring substituents is 1. The summed E-state index contributed by atoms with van der Waals surface area (Å²) in [5.74, 6) is 0.201. The highest BCUT2D eigenvalue weighted by molar-refractivity contribution is 5.95. The number of hydrogen-bond acceptors (Lipinski definition) is 4. The summed E-state index contributed by atoms with van der Waals surface area (Å²) in [5.41, 5.74) is 6.25. The summed E-state index contributed by atoms with van der Waals surface area (Å²) >= 11 is 0. The Morgan fingerprint density at radius 3 is 2.53 bits per heavy atom. The Hall–Kier alpha value is -1.95. The van der Waals surface area contributed by atoms with Gasteiger partial charge in [-0.15, -0.1) is 0 Å². The lowest BCUT2D eigenvalue weighted by molar-refractivity contribution is -0.384. The van der Waals surface area contributed by atoms with Crippen LogP contribution < -0.4 is 10.6 Å². The lowest BCUT2D eigenvalue weighted by Gasteiger charge is -2.16. The van der Waals surface area contributed by atoms with Gasteiger partial charge in [-0.2, -0.15) is 0 Å². The Kier molecular flexibility index (Phi) is 3.06. The second-order valence-corrected chi connectivity index (χ2v) is 4.08. The minimum Gasteiger partial charge on any atom is -0.330 e. The van der Waals surface area contributed by atoms with Gasteiger partial charge >= 0.3 is 0 Å². The number of hydrogen-bond donors (Lipinski definition) is 1. The van der Waals surface area contributed by atoms with E-state index in [1.807, 2.05) is 0 Å². The van der Waals surface area contributed by atoms with Crippen LogP contribution in [0.2, 0.25) is 0 Å². The smallest absolute Gasteiger partial charge is 0.269 e. The average molecular weight is 235 g/mol. The van der Waals surface area contributed by atoms with E-state index in [0.29, 0.717) is 25.2 Å². The fourth-order valence-corrected chi connectivity index (χ4v) is 1.94. The molecule has 90 valence electrons. The Labute approximate surface area is 98.2 Å². The Balaban J connectivity index is 2.18. The molecule has 1 aromatic rings. The zero-order chi connectivity index (χ0) is 12.4. The monoisotopic (exact) mass is 235 g/mol. The predicted molar refractivity (Wildman–Crippen MR) is 62.6 cm³/mol. The highest BCUT2D eigenvalue weighted by atomic mass is 16.6. The second kappa shape index (κ2) is 4.50. The van der Waals surface area contributed by atoms with Crippen molar-refractivity contribution in [2.45, 2.75) is 6.42 Å². The van der Waals surface area contributed by atoms with Crippen LogP contribution in [0.25, 0.3) is 0 Å². The molecule has 0 radical (unpaired) electrons. The van der Waals surface area contributed by atoms with Gasteiger partial charge in [0.1, 0.15) is 0 Å². The molecule has 0 spiro atoms. The van der Waals surface area contributed by atoms with Crippen molar-refractivity contribution in [1.29, 1.82) is 0 Å². The van der Waals surface area contributed by atoms with Crippen LogP contribution in [0.1, 0.15) is 6.42 Å². The molecule has 6 nitrogen and oxygen atoms in total. The molecule has 1 fully saturated rings. The number of nitro groups is 1. The number of benzene rings is 1. The number of amides is 1. The first kappa shape index (κ1) is 11.5. The lowest BCUT2D eigenvalue weighted by atomic mass is 10.1. The highest BCUT2D eigenvalue weighted by Gasteiger charge is 2.29. The van der Waals surface area contributed by atoms with Crippen molar-refractivity contribution in [3.8, 4) is 0 Å². The normalized spacial score (nSPS) is 19.7. The molecular formula is C11H13N3O3. The van der Waals surface area contributed by atoms with E-state index in [4.69, 9.17) is 5.73 Å². The third-order valence-electron chi connectivity index (χ3n) is 2.91. The zero-order valence-electron chi connectivity index (χ0n) is 9.20. The molecule has 1 heterocycles. The summed E-state index contributed by atoms with van der Waals surface area (Å²) in [6.45, 7) is 1.07. The third-order valence-corrected chi connectivity index (χ3v) is 2.91. The molecule has 0 aromatic heterocycles. The van der Waals surface area contributed by atoms with Crippen LogP contribution in [0.4, 0.5) is 11.4 Å². The topological polar surface area (TPSA) is 89.5 Å². The standard InChI is InChI=1S/C11H13N3O3/c12-6-8-5-11(15)13(7-8)9-1-3-10(4-2-9)14(16)17/h1-4,8H,5-7,12H2. The summed E-state index contributed by atoms with van der Waals surface area (Å²) < 4.78 is 0. The van der Waals surface area contributed by atoms with Gasteiger partial charge < -0.3 is 10.6 Å². The first-order valence-electron chi connectivity index (χ1n) is 5.36. The van der Waals surface area contributed by atoms with Gasteiger partial charge in [0.05, 0.1) is 4.92 Å². The van der Waals surface area contributed by atoms with Gasteiger partial charge in [0.2, 0.25) is 5.91 Å². The van der Waals surface area contributed by atoms with E-state index in [9.17, 15) is 14.9 Å². The summed E-state index contributed by atoms with van der Waals surface area (Å²) in [7, 11) is 0. The molecule has 6 heteroatoms. The Morgan fingerprint density at radius 2 is 2.06 bits per heavy atom. The van der Waals surface area contributed by atoms with Crippen LogP contribution >= 0.6 is 0 Å². The van der Waals surface area contributed by atoms with Gasteiger partial charge in [-0.1, -0.05) is 0 Å². The van der Waals surface area contributed by atoms with E-state index in [0.717, 1.165) is 0 Å². The molecule has 1 aliphatic heterocycles. The largest absolute Gasteiger partial charge is 0.330 e. The summed E-state index contributed by atoms with van der Waals surface area (Å²) in [4.78, 5) is 23.4. The van der Waals surface area contributed by atoms with E-state index >= 15 is 0 Å². The molecule has 1 aromatic carbocycles.